The lowest BCUT2D eigenvalue weighted by Crippen LogP contribution is -2.34. The second-order valence-corrected chi connectivity index (χ2v) is 7.19. The highest BCUT2D eigenvalue weighted by atomic mass is 16.7. The Bertz CT molecular complexity index is 608. The molecule has 1 aromatic carbocycles. The fraction of sp³-hybridized carbons (Fsp3) is 0.579. The molecule has 1 N–H and O–H groups in total. The first-order valence-electron chi connectivity index (χ1n) is 8.73. The van der Waals surface area contributed by atoms with Gasteiger partial charge in [-0.1, -0.05) is 31.5 Å². The molecule has 0 aliphatic heterocycles. The lowest BCUT2D eigenvalue weighted by molar-refractivity contribution is 0.0522. The van der Waals surface area contributed by atoms with Crippen molar-refractivity contribution in [2.24, 2.45) is 0 Å². The summed E-state index contributed by atoms with van der Waals surface area (Å²) in [5, 5.41) is 2.85. The van der Waals surface area contributed by atoms with Gasteiger partial charge in [-0.25, -0.2) is 9.59 Å². The second kappa shape index (κ2) is 8.23. The van der Waals surface area contributed by atoms with E-state index in [2.05, 4.69) is 5.32 Å². The molecule has 0 aromatic heterocycles. The number of hydrogen-bond acceptors (Lipinski definition) is 5. The van der Waals surface area contributed by atoms with E-state index in [1.807, 2.05) is 39.8 Å². The number of carbonyl (C=O) groups excluding carboxylic acids is 2. The molecule has 1 fully saturated rings. The molecule has 1 amide bonds. The zero-order chi connectivity index (χ0) is 18.4. The molecule has 6 heteroatoms. The number of hydrogen-bond donors (Lipinski definition) is 1. The van der Waals surface area contributed by atoms with E-state index < -0.39 is 17.8 Å². The van der Waals surface area contributed by atoms with Crippen LogP contribution in [-0.2, 0) is 9.47 Å². The van der Waals surface area contributed by atoms with E-state index in [4.69, 9.17) is 14.2 Å². The summed E-state index contributed by atoms with van der Waals surface area (Å²) in [7, 11) is 0. The van der Waals surface area contributed by atoms with E-state index in [0.29, 0.717) is 12.4 Å². The van der Waals surface area contributed by atoms with E-state index in [9.17, 15) is 9.59 Å². The van der Waals surface area contributed by atoms with Gasteiger partial charge in [-0.3, -0.25) is 0 Å². The van der Waals surface area contributed by atoms with E-state index in [0.717, 1.165) is 24.8 Å². The van der Waals surface area contributed by atoms with Crippen molar-refractivity contribution in [1.82, 2.24) is 5.32 Å². The van der Waals surface area contributed by atoms with Gasteiger partial charge in [0.1, 0.15) is 11.4 Å². The van der Waals surface area contributed by atoms with Gasteiger partial charge < -0.3 is 19.5 Å². The van der Waals surface area contributed by atoms with Crippen LogP contribution >= 0.6 is 0 Å². The van der Waals surface area contributed by atoms with Crippen molar-refractivity contribution < 1.29 is 23.8 Å². The van der Waals surface area contributed by atoms with Crippen molar-refractivity contribution in [3.05, 3.63) is 29.8 Å². The van der Waals surface area contributed by atoms with Crippen molar-refractivity contribution in [2.45, 2.75) is 64.5 Å². The van der Waals surface area contributed by atoms with Gasteiger partial charge in [0.15, 0.2) is 0 Å². The molecular formula is C19H27NO5. The topological polar surface area (TPSA) is 73.9 Å². The lowest BCUT2D eigenvalue weighted by Gasteiger charge is -2.19. The van der Waals surface area contributed by atoms with Crippen LogP contribution in [0.5, 0.6) is 5.75 Å². The van der Waals surface area contributed by atoms with Crippen molar-refractivity contribution in [3.8, 4) is 5.75 Å². The van der Waals surface area contributed by atoms with Gasteiger partial charge >= 0.3 is 12.2 Å². The number of rotatable bonds is 6. The van der Waals surface area contributed by atoms with Gasteiger partial charge in [-0.15, -0.1) is 0 Å². The maximum absolute atomic E-state index is 11.9. The molecule has 2 rings (SSSR count). The lowest BCUT2D eigenvalue weighted by atomic mass is 10.1. The fourth-order valence-corrected chi connectivity index (χ4v) is 2.46. The van der Waals surface area contributed by atoms with Gasteiger partial charge in [0.2, 0.25) is 0 Å². The summed E-state index contributed by atoms with van der Waals surface area (Å²) in [6.45, 7) is 7.84. The van der Waals surface area contributed by atoms with Crippen LogP contribution < -0.4 is 10.1 Å². The first-order valence-corrected chi connectivity index (χ1v) is 8.73. The van der Waals surface area contributed by atoms with E-state index in [1.165, 1.54) is 0 Å². The van der Waals surface area contributed by atoms with Crippen LogP contribution in [0.15, 0.2) is 24.3 Å². The summed E-state index contributed by atoms with van der Waals surface area (Å²) in [6.07, 6.45) is 1.41. The van der Waals surface area contributed by atoms with Gasteiger partial charge in [-0.05, 0) is 39.7 Å². The first-order chi connectivity index (χ1) is 11.8. The smallest absolute Gasteiger partial charge is 0.444 e. The van der Waals surface area contributed by atoms with Crippen molar-refractivity contribution >= 4 is 12.2 Å². The maximum atomic E-state index is 11.9. The van der Waals surface area contributed by atoms with Crippen LogP contribution in [0.25, 0.3) is 0 Å². The number of unbranched alkanes of at least 4 members (excludes halogenated alkanes) is 1. The third-order valence-electron chi connectivity index (χ3n) is 3.72. The highest BCUT2D eigenvalue weighted by Gasteiger charge is 2.42. The first kappa shape index (κ1) is 19.1. The Labute approximate surface area is 148 Å². The predicted molar refractivity (Wildman–Crippen MR) is 93.8 cm³/mol. The Balaban J connectivity index is 1.91. The minimum Gasteiger partial charge on any atom is -0.444 e. The van der Waals surface area contributed by atoms with Crippen LogP contribution in [0.3, 0.4) is 0 Å². The molecule has 2 atom stereocenters. The molecule has 1 aromatic rings. The summed E-state index contributed by atoms with van der Waals surface area (Å²) in [5.74, 6) is 0.578. The molecule has 0 saturated heterocycles. The summed E-state index contributed by atoms with van der Waals surface area (Å²) >= 11 is 0. The van der Waals surface area contributed by atoms with Crippen molar-refractivity contribution in [1.29, 1.82) is 0 Å². The van der Waals surface area contributed by atoms with Crippen LogP contribution in [0.4, 0.5) is 9.59 Å². The predicted octanol–water partition coefficient (Wildman–Crippen LogP) is 4.38. The van der Waals surface area contributed by atoms with Crippen LogP contribution in [0.2, 0.25) is 0 Å². The molecule has 1 saturated carbocycles. The van der Waals surface area contributed by atoms with Crippen LogP contribution in [0, 0.1) is 0 Å². The third-order valence-corrected chi connectivity index (χ3v) is 3.72. The number of carbonyl (C=O) groups is 2. The molecule has 0 bridgehead atoms. The SMILES string of the molecule is CCCCOC(=O)Oc1ccccc1C1CC1NC(=O)OC(C)(C)C. The van der Waals surface area contributed by atoms with Crippen molar-refractivity contribution in [3.63, 3.8) is 0 Å². The minimum absolute atomic E-state index is 0.0179. The molecule has 0 heterocycles. The van der Waals surface area contributed by atoms with E-state index >= 15 is 0 Å². The number of ether oxygens (including phenoxy) is 3. The Morgan fingerprint density at radius 2 is 1.96 bits per heavy atom. The Morgan fingerprint density at radius 3 is 2.64 bits per heavy atom. The number of nitrogens with one attached hydrogen (secondary N) is 1. The molecule has 0 radical (unpaired) electrons. The number of alkyl carbamates (subject to hydrolysis) is 1. The summed E-state index contributed by atoms with van der Waals surface area (Å²) < 4.78 is 15.6. The van der Waals surface area contributed by atoms with Crippen molar-refractivity contribution in [2.75, 3.05) is 6.61 Å². The molecule has 0 spiro atoms. The minimum atomic E-state index is -0.696. The average molecular weight is 349 g/mol. The Kier molecular flexibility index (Phi) is 6.28. The summed E-state index contributed by atoms with van der Waals surface area (Å²) in [6, 6.07) is 7.30. The van der Waals surface area contributed by atoms with Gasteiger partial charge in [-0.2, -0.15) is 0 Å². The highest BCUT2D eigenvalue weighted by molar-refractivity contribution is 5.69. The van der Waals surface area contributed by atoms with Crippen LogP contribution in [0.1, 0.15) is 58.4 Å². The van der Waals surface area contributed by atoms with Gasteiger partial charge in [0.25, 0.3) is 0 Å². The number of para-hydroxylation sites is 1. The second-order valence-electron chi connectivity index (χ2n) is 7.19. The van der Waals surface area contributed by atoms with E-state index in [-0.39, 0.29) is 12.0 Å². The molecule has 1 aliphatic carbocycles. The number of benzene rings is 1. The molecule has 6 nitrogen and oxygen atoms in total. The molecule has 25 heavy (non-hydrogen) atoms. The fourth-order valence-electron chi connectivity index (χ4n) is 2.46. The van der Waals surface area contributed by atoms with Gasteiger partial charge in [0.05, 0.1) is 6.61 Å². The third kappa shape index (κ3) is 6.29. The molecule has 138 valence electrons. The average Bonchev–Trinajstić information content (AvgIpc) is 3.25. The quantitative estimate of drug-likeness (QED) is 0.468. The highest BCUT2D eigenvalue weighted by Crippen LogP contribution is 2.44. The monoisotopic (exact) mass is 349 g/mol. The Morgan fingerprint density at radius 1 is 1.24 bits per heavy atom. The zero-order valence-electron chi connectivity index (χ0n) is 15.3. The molecule has 2 unspecified atom stereocenters. The maximum Gasteiger partial charge on any atom is 0.513 e. The standard InChI is InChI=1S/C19H27NO5/c1-5-6-11-23-18(22)24-16-10-8-7-9-13(16)14-12-15(14)20-17(21)25-19(2,3)4/h7-10,14-15H,5-6,11-12H2,1-4H3,(H,20,21). The summed E-state index contributed by atoms with van der Waals surface area (Å²) in [5.41, 5.74) is 0.355. The normalized spacial score (nSPS) is 19.0. The van der Waals surface area contributed by atoms with E-state index in [1.54, 1.807) is 12.1 Å². The van der Waals surface area contributed by atoms with Crippen LogP contribution in [-0.4, -0.2) is 30.5 Å². The number of amides is 1. The van der Waals surface area contributed by atoms with Gasteiger partial charge in [0, 0.05) is 17.5 Å². The molecule has 1 aliphatic rings. The zero-order valence-corrected chi connectivity index (χ0v) is 15.3. The molecular weight excluding hydrogens is 322 g/mol. The largest absolute Gasteiger partial charge is 0.513 e. The Hall–Kier alpha value is -2.24. The summed E-state index contributed by atoms with van der Waals surface area (Å²) in [4.78, 5) is 23.6.